The Morgan fingerprint density at radius 3 is 2.44 bits per heavy atom. The molecule has 2 aromatic carbocycles. The zero-order chi connectivity index (χ0) is 24.8. The van der Waals surface area contributed by atoms with E-state index in [0.717, 1.165) is 24.3 Å². The average molecular weight is 498 g/mol. The van der Waals surface area contributed by atoms with Gasteiger partial charge in [0, 0.05) is 18.2 Å². The monoisotopic (exact) mass is 497 g/mol. The quantitative estimate of drug-likeness (QED) is 0.296. The Morgan fingerprint density at radius 2 is 1.76 bits per heavy atom. The van der Waals surface area contributed by atoms with Crippen molar-refractivity contribution in [3.8, 4) is 11.5 Å². The molecule has 0 saturated carbocycles. The second-order valence-electron chi connectivity index (χ2n) is 6.56. The van der Waals surface area contributed by atoms with Gasteiger partial charge in [-0.2, -0.15) is 0 Å². The number of anilines is 1. The predicted octanol–water partition coefficient (Wildman–Crippen LogP) is 5.22. The number of benzene rings is 2. The van der Waals surface area contributed by atoms with Gasteiger partial charge in [-0.3, -0.25) is 25.0 Å². The van der Waals surface area contributed by atoms with Gasteiger partial charge < -0.3 is 19.2 Å². The normalized spacial score (nSPS) is 10.7. The minimum Gasteiger partial charge on any atom is -0.487 e. The van der Waals surface area contributed by atoms with Crippen LogP contribution in [0.25, 0.3) is 0 Å². The van der Waals surface area contributed by atoms with Crippen LogP contribution in [-0.2, 0) is 6.61 Å². The highest BCUT2D eigenvalue weighted by Gasteiger charge is 2.17. The first kappa shape index (κ1) is 24.4. The minimum absolute atomic E-state index is 0.0335. The van der Waals surface area contributed by atoms with Gasteiger partial charge in [-0.15, -0.1) is 0 Å². The fourth-order valence-corrected chi connectivity index (χ4v) is 2.81. The summed E-state index contributed by atoms with van der Waals surface area (Å²) in [5.41, 5.74) is -0.793. The third-order valence-electron chi connectivity index (χ3n) is 4.12. The molecule has 1 N–H and O–H groups in total. The Labute approximate surface area is 194 Å². The third-order valence-corrected chi connectivity index (χ3v) is 4.43. The number of nitro benzene ring substituents is 2. The molecule has 0 aliphatic carbocycles. The summed E-state index contributed by atoms with van der Waals surface area (Å²) in [6.07, 6.45) is -2.79. The summed E-state index contributed by atoms with van der Waals surface area (Å²) in [7, 11) is 0. The standard InChI is InChI=1S/C20H14ClF2N3O8/c21-16-3-1-12(25(28)29)8-18(16)33-9-14-2-4-17(34-14)20(27)24-11-5-13(26(30)31)7-15(6-11)32-10-19(22)23/h1-8,19H,9-10H2,(H,24,27). The lowest BCUT2D eigenvalue weighted by atomic mass is 10.2. The van der Waals surface area contributed by atoms with Crippen molar-refractivity contribution in [1.82, 2.24) is 0 Å². The number of hydrogen-bond acceptors (Lipinski definition) is 8. The number of furan rings is 1. The van der Waals surface area contributed by atoms with Crippen molar-refractivity contribution in [2.75, 3.05) is 11.9 Å². The number of alkyl halides is 2. The number of nitro groups is 2. The molecular formula is C20H14ClF2N3O8. The van der Waals surface area contributed by atoms with Crippen LogP contribution >= 0.6 is 11.6 Å². The molecule has 0 radical (unpaired) electrons. The number of carbonyl (C=O) groups is 1. The maximum Gasteiger partial charge on any atom is 0.291 e. The molecule has 34 heavy (non-hydrogen) atoms. The number of nitrogens with one attached hydrogen (secondary N) is 1. The van der Waals surface area contributed by atoms with Crippen LogP contribution < -0.4 is 14.8 Å². The van der Waals surface area contributed by atoms with Crippen LogP contribution in [0.1, 0.15) is 16.3 Å². The molecule has 0 unspecified atom stereocenters. The number of halogens is 3. The maximum absolute atomic E-state index is 12.5. The van der Waals surface area contributed by atoms with Crippen molar-refractivity contribution in [2.24, 2.45) is 0 Å². The van der Waals surface area contributed by atoms with Gasteiger partial charge in [0.1, 0.15) is 30.5 Å². The molecule has 14 heteroatoms. The molecule has 0 saturated heterocycles. The lowest BCUT2D eigenvalue weighted by Crippen LogP contribution is -2.12. The lowest BCUT2D eigenvalue weighted by Gasteiger charge is -2.09. The summed E-state index contributed by atoms with van der Waals surface area (Å²) in [4.78, 5) is 33.0. The fraction of sp³-hybridized carbons (Fsp3) is 0.150. The van der Waals surface area contributed by atoms with Crippen LogP contribution in [0.3, 0.4) is 0 Å². The van der Waals surface area contributed by atoms with E-state index >= 15 is 0 Å². The summed E-state index contributed by atoms with van der Waals surface area (Å²) < 4.78 is 40.3. The summed E-state index contributed by atoms with van der Waals surface area (Å²) in [5.74, 6) is -1.00. The first-order chi connectivity index (χ1) is 16.1. The summed E-state index contributed by atoms with van der Waals surface area (Å²) in [6, 6.07) is 9.46. The molecular weight excluding hydrogens is 484 g/mol. The first-order valence-electron chi connectivity index (χ1n) is 9.29. The average Bonchev–Trinajstić information content (AvgIpc) is 3.26. The van der Waals surface area contributed by atoms with Gasteiger partial charge in [-0.1, -0.05) is 11.6 Å². The van der Waals surface area contributed by atoms with Crippen LogP contribution in [0.2, 0.25) is 5.02 Å². The number of carbonyl (C=O) groups excluding carboxylic acids is 1. The molecule has 0 atom stereocenters. The first-order valence-corrected chi connectivity index (χ1v) is 9.67. The molecule has 11 nitrogen and oxygen atoms in total. The molecule has 0 aliphatic rings. The van der Waals surface area contributed by atoms with Crippen LogP contribution in [0.5, 0.6) is 11.5 Å². The minimum atomic E-state index is -2.79. The van der Waals surface area contributed by atoms with E-state index in [1.165, 1.54) is 24.3 Å². The maximum atomic E-state index is 12.5. The van der Waals surface area contributed by atoms with Gasteiger partial charge in [0.25, 0.3) is 23.7 Å². The van der Waals surface area contributed by atoms with Crippen molar-refractivity contribution in [1.29, 1.82) is 0 Å². The SMILES string of the molecule is O=C(Nc1cc(OCC(F)F)cc([N+](=O)[O-])c1)c1ccc(COc2cc([N+](=O)[O-])ccc2Cl)o1. The molecule has 178 valence electrons. The van der Waals surface area contributed by atoms with E-state index in [2.05, 4.69) is 5.32 Å². The number of rotatable bonds is 10. The van der Waals surface area contributed by atoms with Crippen molar-refractivity contribution < 1.29 is 37.3 Å². The second-order valence-corrected chi connectivity index (χ2v) is 6.96. The van der Waals surface area contributed by atoms with E-state index in [9.17, 15) is 33.8 Å². The molecule has 3 aromatic rings. The van der Waals surface area contributed by atoms with Crippen LogP contribution in [0, 0.1) is 20.2 Å². The molecule has 1 amide bonds. The lowest BCUT2D eigenvalue weighted by molar-refractivity contribution is -0.385. The summed E-state index contributed by atoms with van der Waals surface area (Å²) in [6.45, 7) is -1.19. The third kappa shape index (κ3) is 6.38. The predicted molar refractivity (Wildman–Crippen MR) is 114 cm³/mol. The highest BCUT2D eigenvalue weighted by Crippen LogP contribution is 2.30. The number of non-ortho nitro benzene ring substituents is 2. The van der Waals surface area contributed by atoms with Gasteiger partial charge >= 0.3 is 0 Å². The number of amides is 1. The molecule has 1 heterocycles. The van der Waals surface area contributed by atoms with Gasteiger partial charge in [0.05, 0.1) is 32.7 Å². The number of nitrogens with zero attached hydrogens (tertiary/aromatic N) is 2. The number of ether oxygens (including phenoxy) is 2. The molecule has 0 spiro atoms. The van der Waals surface area contributed by atoms with Gasteiger partial charge in [0.15, 0.2) is 5.76 Å². The van der Waals surface area contributed by atoms with Gasteiger partial charge in [-0.25, -0.2) is 8.78 Å². The smallest absolute Gasteiger partial charge is 0.291 e. The Morgan fingerprint density at radius 1 is 1.03 bits per heavy atom. The Balaban J connectivity index is 1.69. The molecule has 0 bridgehead atoms. The largest absolute Gasteiger partial charge is 0.487 e. The highest BCUT2D eigenvalue weighted by atomic mass is 35.5. The highest BCUT2D eigenvalue weighted by molar-refractivity contribution is 6.32. The van der Waals surface area contributed by atoms with E-state index in [0.29, 0.717) is 0 Å². The van der Waals surface area contributed by atoms with Crippen LogP contribution in [0.4, 0.5) is 25.8 Å². The zero-order valence-electron chi connectivity index (χ0n) is 16.9. The van der Waals surface area contributed by atoms with Gasteiger partial charge in [0.2, 0.25) is 0 Å². The number of hydrogen-bond donors (Lipinski definition) is 1. The van der Waals surface area contributed by atoms with E-state index in [-0.39, 0.29) is 46.0 Å². The molecule has 1 aromatic heterocycles. The Bertz CT molecular complexity index is 1230. The zero-order valence-corrected chi connectivity index (χ0v) is 17.7. The Hall–Kier alpha value is -4.26. The van der Waals surface area contributed by atoms with E-state index in [1.54, 1.807) is 0 Å². The van der Waals surface area contributed by atoms with Crippen LogP contribution in [-0.4, -0.2) is 28.8 Å². The second kappa shape index (κ2) is 10.6. The van der Waals surface area contributed by atoms with E-state index in [4.69, 9.17) is 25.5 Å². The molecule has 0 aliphatic heterocycles. The topological polar surface area (TPSA) is 147 Å². The van der Waals surface area contributed by atoms with Crippen molar-refractivity contribution >= 4 is 34.6 Å². The van der Waals surface area contributed by atoms with Crippen LogP contribution in [0.15, 0.2) is 52.9 Å². The van der Waals surface area contributed by atoms with Crippen molar-refractivity contribution in [3.05, 3.63) is 85.3 Å². The van der Waals surface area contributed by atoms with E-state index < -0.39 is 34.5 Å². The Kier molecular flexibility index (Phi) is 7.58. The summed E-state index contributed by atoms with van der Waals surface area (Å²) in [5, 5.41) is 24.4. The van der Waals surface area contributed by atoms with Crippen molar-refractivity contribution in [3.63, 3.8) is 0 Å². The molecule has 0 fully saturated rings. The fourth-order valence-electron chi connectivity index (χ4n) is 2.64. The van der Waals surface area contributed by atoms with E-state index in [1.807, 2.05) is 0 Å². The molecule has 3 rings (SSSR count). The van der Waals surface area contributed by atoms with Gasteiger partial charge in [-0.05, 0) is 18.2 Å². The van der Waals surface area contributed by atoms with Crippen molar-refractivity contribution in [2.45, 2.75) is 13.0 Å². The summed E-state index contributed by atoms with van der Waals surface area (Å²) >= 11 is 5.96.